The molecule has 1 aromatic rings. The molecule has 1 aliphatic rings. The summed E-state index contributed by atoms with van der Waals surface area (Å²) in [6.45, 7) is 2.04. The Morgan fingerprint density at radius 2 is 2.00 bits per heavy atom. The maximum atomic E-state index is 4.34. The van der Waals surface area contributed by atoms with E-state index in [1.807, 2.05) is 25.1 Å². The molecule has 1 aromatic carbocycles. The van der Waals surface area contributed by atoms with Gasteiger partial charge in [-0.05, 0) is 18.6 Å². The standard InChI is InChI=1S/C11H12N2/c1-9-7-11(13-8-12-9)10-5-3-2-4-6-10/h2-8,11H,1H3,(H,12,13). The van der Waals surface area contributed by atoms with Crippen molar-refractivity contribution in [1.29, 1.82) is 0 Å². The molecule has 0 aromatic heterocycles. The largest absolute Gasteiger partial charge is 0.351 e. The van der Waals surface area contributed by atoms with Crippen molar-refractivity contribution in [3.8, 4) is 0 Å². The van der Waals surface area contributed by atoms with Crippen molar-refractivity contribution in [2.75, 3.05) is 0 Å². The van der Waals surface area contributed by atoms with Crippen LogP contribution in [0.15, 0.2) is 47.1 Å². The average molecular weight is 172 g/mol. The third-order valence-corrected chi connectivity index (χ3v) is 2.08. The van der Waals surface area contributed by atoms with Gasteiger partial charge in [0.15, 0.2) is 0 Å². The Bertz CT molecular complexity index is 338. The lowest BCUT2D eigenvalue weighted by atomic mass is 10.1. The molecule has 1 N–H and O–H groups in total. The molecule has 1 aliphatic heterocycles. The molecule has 2 rings (SSSR count). The average Bonchev–Trinajstić information content (AvgIpc) is 2.19. The van der Waals surface area contributed by atoms with E-state index in [0.29, 0.717) is 0 Å². The van der Waals surface area contributed by atoms with Gasteiger partial charge in [0.05, 0.1) is 12.4 Å². The Hall–Kier alpha value is -1.57. The maximum Gasteiger partial charge on any atom is 0.0967 e. The topological polar surface area (TPSA) is 24.4 Å². The summed E-state index contributed by atoms with van der Waals surface area (Å²) in [5.74, 6) is 0. The van der Waals surface area contributed by atoms with Gasteiger partial charge in [-0.1, -0.05) is 30.3 Å². The van der Waals surface area contributed by atoms with Gasteiger partial charge in [0.2, 0.25) is 0 Å². The summed E-state index contributed by atoms with van der Waals surface area (Å²) in [7, 11) is 0. The molecule has 0 fully saturated rings. The van der Waals surface area contributed by atoms with E-state index in [-0.39, 0.29) is 6.04 Å². The highest BCUT2D eigenvalue weighted by Gasteiger charge is 2.08. The minimum absolute atomic E-state index is 0.183. The Balaban J connectivity index is 2.27. The van der Waals surface area contributed by atoms with Crippen molar-refractivity contribution in [3.05, 3.63) is 47.7 Å². The second-order valence-corrected chi connectivity index (χ2v) is 3.13. The van der Waals surface area contributed by atoms with Crippen LogP contribution in [0, 0.1) is 0 Å². The molecule has 1 heterocycles. The minimum Gasteiger partial charge on any atom is -0.351 e. The van der Waals surface area contributed by atoms with Gasteiger partial charge in [-0.2, -0.15) is 0 Å². The number of aliphatic imine (C=N–C) groups is 1. The van der Waals surface area contributed by atoms with Crippen molar-refractivity contribution in [3.63, 3.8) is 0 Å². The zero-order valence-corrected chi connectivity index (χ0v) is 7.57. The van der Waals surface area contributed by atoms with Crippen LogP contribution in [0.3, 0.4) is 0 Å². The van der Waals surface area contributed by atoms with Gasteiger partial charge in [-0.3, -0.25) is 4.99 Å². The number of nitrogens with zero attached hydrogens (tertiary/aromatic N) is 1. The summed E-state index contributed by atoms with van der Waals surface area (Å²) in [6.07, 6.45) is 3.88. The number of hydrogen-bond donors (Lipinski definition) is 1. The first-order valence-electron chi connectivity index (χ1n) is 4.38. The van der Waals surface area contributed by atoms with E-state index in [4.69, 9.17) is 0 Å². The number of hydrogen-bond acceptors (Lipinski definition) is 2. The third-order valence-electron chi connectivity index (χ3n) is 2.08. The number of allylic oxidation sites excluding steroid dienone is 1. The minimum atomic E-state index is 0.183. The van der Waals surface area contributed by atoms with E-state index < -0.39 is 0 Å². The first kappa shape index (κ1) is 8.05. The van der Waals surface area contributed by atoms with Gasteiger partial charge in [-0.15, -0.1) is 0 Å². The smallest absolute Gasteiger partial charge is 0.0967 e. The molecule has 0 aliphatic carbocycles. The highest BCUT2D eigenvalue weighted by molar-refractivity contribution is 5.60. The highest BCUT2D eigenvalue weighted by Crippen LogP contribution is 2.20. The predicted molar refractivity (Wildman–Crippen MR) is 54.6 cm³/mol. The second kappa shape index (κ2) is 3.44. The molecule has 0 saturated carbocycles. The third kappa shape index (κ3) is 1.78. The van der Waals surface area contributed by atoms with E-state index in [1.54, 1.807) is 6.34 Å². The first-order valence-corrected chi connectivity index (χ1v) is 4.38. The van der Waals surface area contributed by atoms with Crippen LogP contribution in [0.2, 0.25) is 0 Å². The van der Waals surface area contributed by atoms with Crippen molar-refractivity contribution in [2.45, 2.75) is 13.0 Å². The van der Waals surface area contributed by atoms with E-state index in [2.05, 4.69) is 28.5 Å². The summed E-state index contributed by atoms with van der Waals surface area (Å²) in [4.78, 5) is 4.34. The van der Waals surface area contributed by atoms with Crippen LogP contribution in [0.1, 0.15) is 18.5 Å². The lowest BCUT2D eigenvalue weighted by Crippen LogP contribution is -2.14. The van der Waals surface area contributed by atoms with E-state index in [0.717, 1.165) is 5.70 Å². The second-order valence-electron chi connectivity index (χ2n) is 3.13. The lowest BCUT2D eigenvalue weighted by Gasteiger charge is -2.14. The number of benzene rings is 1. The van der Waals surface area contributed by atoms with Crippen molar-refractivity contribution >= 4 is 6.34 Å². The SMILES string of the molecule is CC1=CC(c2ccccc2)N=CN1. The van der Waals surface area contributed by atoms with Gasteiger partial charge >= 0.3 is 0 Å². The Kier molecular flexibility index (Phi) is 2.13. The van der Waals surface area contributed by atoms with Crippen LogP contribution >= 0.6 is 0 Å². The fourth-order valence-electron chi connectivity index (χ4n) is 1.38. The zero-order chi connectivity index (χ0) is 9.10. The Labute approximate surface area is 78.0 Å². The Morgan fingerprint density at radius 1 is 1.23 bits per heavy atom. The molecule has 1 unspecified atom stereocenters. The van der Waals surface area contributed by atoms with Crippen LogP contribution in [-0.4, -0.2) is 6.34 Å². The predicted octanol–water partition coefficient (Wildman–Crippen LogP) is 2.26. The molecular formula is C11H12N2. The molecule has 66 valence electrons. The van der Waals surface area contributed by atoms with Gasteiger partial charge in [0.1, 0.15) is 0 Å². The summed E-state index contributed by atoms with van der Waals surface area (Å²) in [6, 6.07) is 10.5. The van der Waals surface area contributed by atoms with Gasteiger partial charge in [0.25, 0.3) is 0 Å². The number of rotatable bonds is 1. The molecule has 2 nitrogen and oxygen atoms in total. The van der Waals surface area contributed by atoms with E-state index in [1.165, 1.54) is 5.56 Å². The van der Waals surface area contributed by atoms with Crippen molar-refractivity contribution < 1.29 is 0 Å². The van der Waals surface area contributed by atoms with Crippen LogP contribution < -0.4 is 5.32 Å². The summed E-state index contributed by atoms with van der Waals surface area (Å²) in [5.41, 5.74) is 2.39. The monoisotopic (exact) mass is 172 g/mol. The Morgan fingerprint density at radius 3 is 2.69 bits per heavy atom. The van der Waals surface area contributed by atoms with E-state index >= 15 is 0 Å². The maximum absolute atomic E-state index is 4.34. The van der Waals surface area contributed by atoms with Crippen LogP contribution in [-0.2, 0) is 0 Å². The van der Waals surface area contributed by atoms with Gasteiger partial charge in [0, 0.05) is 5.70 Å². The van der Waals surface area contributed by atoms with Gasteiger partial charge < -0.3 is 5.32 Å². The van der Waals surface area contributed by atoms with E-state index in [9.17, 15) is 0 Å². The van der Waals surface area contributed by atoms with Crippen molar-refractivity contribution in [1.82, 2.24) is 5.32 Å². The molecule has 0 radical (unpaired) electrons. The molecule has 0 spiro atoms. The molecule has 0 saturated heterocycles. The molecule has 1 atom stereocenters. The molecule has 2 heteroatoms. The molecular weight excluding hydrogens is 160 g/mol. The van der Waals surface area contributed by atoms with Crippen LogP contribution in [0.25, 0.3) is 0 Å². The normalized spacial score (nSPS) is 20.7. The summed E-state index contributed by atoms with van der Waals surface area (Å²) in [5, 5.41) is 3.05. The summed E-state index contributed by atoms with van der Waals surface area (Å²) < 4.78 is 0. The highest BCUT2D eigenvalue weighted by atomic mass is 15.0. The summed E-state index contributed by atoms with van der Waals surface area (Å²) >= 11 is 0. The quantitative estimate of drug-likeness (QED) is 0.690. The number of nitrogens with one attached hydrogen (secondary N) is 1. The lowest BCUT2D eigenvalue weighted by molar-refractivity contribution is 0.857. The molecule has 0 bridgehead atoms. The first-order chi connectivity index (χ1) is 6.36. The van der Waals surface area contributed by atoms with Crippen molar-refractivity contribution in [2.24, 2.45) is 4.99 Å². The van der Waals surface area contributed by atoms with Gasteiger partial charge in [-0.25, -0.2) is 0 Å². The fourth-order valence-corrected chi connectivity index (χ4v) is 1.38. The van der Waals surface area contributed by atoms with Crippen LogP contribution in [0.5, 0.6) is 0 Å². The zero-order valence-electron chi connectivity index (χ0n) is 7.57. The molecule has 0 amide bonds. The fraction of sp³-hybridized carbons (Fsp3) is 0.182. The van der Waals surface area contributed by atoms with Crippen LogP contribution in [0.4, 0.5) is 0 Å². The molecule has 13 heavy (non-hydrogen) atoms.